The van der Waals surface area contributed by atoms with Crippen molar-refractivity contribution in [2.45, 2.75) is 24.3 Å². The number of pyridine rings is 1. The van der Waals surface area contributed by atoms with Gasteiger partial charge in [0.05, 0.1) is 12.7 Å². The molecule has 98 valence electrons. The Bertz CT molecular complexity index is 422. The minimum Gasteiger partial charge on any atom is -0.478 e. The highest BCUT2D eigenvalue weighted by Gasteiger charge is 2.10. The lowest BCUT2D eigenvalue weighted by Gasteiger charge is -2.04. The lowest BCUT2D eigenvalue weighted by atomic mass is 10.2. The van der Waals surface area contributed by atoms with Crippen molar-refractivity contribution in [3.63, 3.8) is 0 Å². The average Bonchev–Trinajstić information content (AvgIpc) is 2.38. The van der Waals surface area contributed by atoms with E-state index in [1.165, 1.54) is 24.9 Å². The van der Waals surface area contributed by atoms with E-state index < -0.39 is 5.97 Å². The van der Waals surface area contributed by atoms with E-state index in [2.05, 4.69) is 9.72 Å². The third-order valence-electron chi connectivity index (χ3n) is 2.24. The zero-order chi connectivity index (χ0) is 13.4. The number of esters is 1. The van der Waals surface area contributed by atoms with E-state index in [-0.39, 0.29) is 11.5 Å². The number of carboxylic acids is 1. The number of nitrogens with zero attached hydrogens (tertiary/aromatic N) is 1. The van der Waals surface area contributed by atoms with Crippen LogP contribution >= 0.6 is 11.8 Å². The topological polar surface area (TPSA) is 76.5 Å². The number of ether oxygens (including phenoxy) is 1. The lowest BCUT2D eigenvalue weighted by Crippen LogP contribution is -2.01. The molecule has 1 rings (SSSR count). The van der Waals surface area contributed by atoms with E-state index in [0.29, 0.717) is 11.4 Å². The van der Waals surface area contributed by atoms with E-state index in [1.54, 1.807) is 12.3 Å². The van der Waals surface area contributed by atoms with E-state index in [0.717, 1.165) is 18.6 Å². The molecule has 1 aromatic rings. The molecule has 1 N–H and O–H groups in total. The third-order valence-corrected chi connectivity index (χ3v) is 3.33. The molecule has 0 spiro atoms. The lowest BCUT2D eigenvalue weighted by molar-refractivity contribution is -0.140. The van der Waals surface area contributed by atoms with Crippen LogP contribution in [0.1, 0.15) is 29.6 Å². The number of carboxylic acid groups (broad SMARTS) is 1. The molecule has 5 nitrogen and oxygen atoms in total. The fourth-order valence-corrected chi connectivity index (χ4v) is 2.30. The van der Waals surface area contributed by atoms with Crippen molar-refractivity contribution < 1.29 is 19.4 Å². The van der Waals surface area contributed by atoms with Crippen LogP contribution in [0.25, 0.3) is 0 Å². The van der Waals surface area contributed by atoms with Gasteiger partial charge in [-0.25, -0.2) is 9.78 Å². The van der Waals surface area contributed by atoms with E-state index in [4.69, 9.17) is 5.11 Å². The van der Waals surface area contributed by atoms with Gasteiger partial charge in [-0.15, -0.1) is 11.8 Å². The molecule has 1 aromatic heterocycles. The first-order valence-corrected chi connectivity index (χ1v) is 6.51. The minimum absolute atomic E-state index is 0.218. The summed E-state index contributed by atoms with van der Waals surface area (Å²) in [5.41, 5.74) is 0.218. The molecule has 0 radical (unpaired) electrons. The van der Waals surface area contributed by atoms with Gasteiger partial charge in [-0.3, -0.25) is 4.79 Å². The number of hydrogen-bond acceptors (Lipinski definition) is 5. The van der Waals surface area contributed by atoms with Crippen molar-refractivity contribution >= 4 is 23.7 Å². The summed E-state index contributed by atoms with van der Waals surface area (Å²) < 4.78 is 4.53. The van der Waals surface area contributed by atoms with Crippen LogP contribution < -0.4 is 0 Å². The monoisotopic (exact) mass is 269 g/mol. The van der Waals surface area contributed by atoms with Crippen molar-refractivity contribution in [1.29, 1.82) is 0 Å². The predicted octanol–water partition coefficient (Wildman–Crippen LogP) is 2.22. The fraction of sp³-hybridized carbons (Fsp3) is 0.417. The molecule has 0 bridgehead atoms. The summed E-state index contributed by atoms with van der Waals surface area (Å²) in [6, 6.07) is 3.14. The van der Waals surface area contributed by atoms with E-state index >= 15 is 0 Å². The van der Waals surface area contributed by atoms with Crippen molar-refractivity contribution in [1.82, 2.24) is 4.98 Å². The van der Waals surface area contributed by atoms with Crippen LogP contribution in [0.3, 0.4) is 0 Å². The Morgan fingerprint density at radius 3 is 2.89 bits per heavy atom. The summed E-state index contributed by atoms with van der Waals surface area (Å²) in [7, 11) is 1.37. The first-order chi connectivity index (χ1) is 8.65. The quantitative estimate of drug-likeness (QED) is 0.464. The van der Waals surface area contributed by atoms with Gasteiger partial charge >= 0.3 is 11.9 Å². The first-order valence-electron chi connectivity index (χ1n) is 5.53. The minimum atomic E-state index is -0.972. The van der Waals surface area contributed by atoms with Gasteiger partial charge in [-0.05, 0) is 30.7 Å². The molecule has 0 saturated heterocycles. The molecule has 18 heavy (non-hydrogen) atoms. The third kappa shape index (κ3) is 4.75. The molecule has 0 aliphatic carbocycles. The van der Waals surface area contributed by atoms with Gasteiger partial charge in [-0.2, -0.15) is 0 Å². The number of aromatic nitrogens is 1. The Hall–Kier alpha value is -1.56. The summed E-state index contributed by atoms with van der Waals surface area (Å²) in [5, 5.41) is 9.48. The maximum absolute atomic E-state index is 10.9. The second kappa shape index (κ2) is 7.71. The molecular weight excluding hydrogens is 254 g/mol. The van der Waals surface area contributed by atoms with Crippen LogP contribution in [0.5, 0.6) is 0 Å². The van der Waals surface area contributed by atoms with Gasteiger partial charge in [-0.1, -0.05) is 0 Å². The smallest absolute Gasteiger partial charge is 0.338 e. The van der Waals surface area contributed by atoms with Gasteiger partial charge in [0.15, 0.2) is 0 Å². The molecule has 0 fully saturated rings. The number of carbonyl (C=O) groups excluding carboxylic acids is 1. The second-order valence-electron chi connectivity index (χ2n) is 3.54. The predicted molar refractivity (Wildman–Crippen MR) is 67.8 cm³/mol. The van der Waals surface area contributed by atoms with E-state index in [1.807, 2.05) is 0 Å². The molecule has 0 unspecified atom stereocenters. The molecular formula is C12H15NO4S. The first kappa shape index (κ1) is 14.5. The SMILES string of the molecule is COC(=O)CCCCSc1ncccc1C(=O)O. The number of unbranched alkanes of at least 4 members (excludes halogenated alkanes) is 1. The Morgan fingerprint density at radius 1 is 1.44 bits per heavy atom. The molecule has 0 aliphatic rings. The maximum atomic E-state index is 10.9. The molecule has 1 heterocycles. The molecule has 0 atom stereocenters. The van der Waals surface area contributed by atoms with Gasteiger partial charge < -0.3 is 9.84 Å². The van der Waals surface area contributed by atoms with Crippen molar-refractivity contribution in [2.75, 3.05) is 12.9 Å². The Balaban J connectivity index is 2.35. The number of rotatable bonds is 7. The number of carbonyl (C=O) groups is 2. The Morgan fingerprint density at radius 2 is 2.22 bits per heavy atom. The molecule has 0 aliphatic heterocycles. The average molecular weight is 269 g/mol. The molecule has 0 amide bonds. The van der Waals surface area contributed by atoms with E-state index in [9.17, 15) is 9.59 Å². The van der Waals surface area contributed by atoms with Crippen molar-refractivity contribution in [3.8, 4) is 0 Å². The van der Waals surface area contributed by atoms with Gasteiger partial charge in [0.2, 0.25) is 0 Å². The van der Waals surface area contributed by atoms with Gasteiger partial charge in [0, 0.05) is 12.6 Å². The Kier molecular flexibility index (Phi) is 6.21. The molecule has 6 heteroatoms. The molecule has 0 aromatic carbocycles. The number of hydrogen-bond donors (Lipinski definition) is 1. The van der Waals surface area contributed by atoms with Crippen LogP contribution in [0.2, 0.25) is 0 Å². The number of thioether (sulfide) groups is 1. The highest BCUT2D eigenvalue weighted by Crippen LogP contribution is 2.21. The summed E-state index contributed by atoms with van der Waals surface area (Å²) in [6.07, 6.45) is 3.51. The standard InChI is InChI=1S/C12H15NO4S/c1-17-10(14)6-2-3-8-18-11-9(12(15)16)5-4-7-13-11/h4-5,7H,2-3,6,8H2,1H3,(H,15,16). The fourth-order valence-electron chi connectivity index (χ4n) is 1.31. The summed E-state index contributed by atoms with van der Waals surface area (Å²) >= 11 is 1.39. The highest BCUT2D eigenvalue weighted by atomic mass is 32.2. The normalized spacial score (nSPS) is 10.1. The zero-order valence-electron chi connectivity index (χ0n) is 10.1. The maximum Gasteiger partial charge on any atom is 0.338 e. The van der Waals surface area contributed by atoms with Crippen LogP contribution in [0.15, 0.2) is 23.4 Å². The van der Waals surface area contributed by atoms with Crippen LogP contribution in [0, 0.1) is 0 Å². The van der Waals surface area contributed by atoms with Crippen LogP contribution in [-0.2, 0) is 9.53 Å². The molecule has 0 saturated carbocycles. The summed E-state index contributed by atoms with van der Waals surface area (Å²) in [5.74, 6) is -0.460. The number of methoxy groups -OCH3 is 1. The van der Waals surface area contributed by atoms with Crippen LogP contribution in [0.4, 0.5) is 0 Å². The zero-order valence-corrected chi connectivity index (χ0v) is 10.9. The number of aromatic carboxylic acids is 1. The van der Waals surface area contributed by atoms with Crippen molar-refractivity contribution in [3.05, 3.63) is 23.9 Å². The highest BCUT2D eigenvalue weighted by molar-refractivity contribution is 7.99. The van der Waals surface area contributed by atoms with Gasteiger partial charge in [0.1, 0.15) is 5.03 Å². The summed E-state index contributed by atoms with van der Waals surface area (Å²) in [4.78, 5) is 25.8. The largest absolute Gasteiger partial charge is 0.478 e. The van der Waals surface area contributed by atoms with Crippen LogP contribution in [-0.4, -0.2) is 34.9 Å². The second-order valence-corrected chi connectivity index (χ2v) is 4.63. The Labute approximate surface area is 110 Å². The summed E-state index contributed by atoms with van der Waals surface area (Å²) in [6.45, 7) is 0. The van der Waals surface area contributed by atoms with Crippen molar-refractivity contribution in [2.24, 2.45) is 0 Å². The van der Waals surface area contributed by atoms with Gasteiger partial charge in [0.25, 0.3) is 0 Å².